The molecular formula is C17H22O2S. The average Bonchev–Trinajstić information content (AvgIpc) is 2.92. The fraction of sp³-hybridized carbons (Fsp3) is 0.412. The van der Waals surface area contributed by atoms with Crippen LogP contribution < -0.4 is 4.74 Å². The van der Waals surface area contributed by atoms with Crippen LogP contribution in [0.1, 0.15) is 28.8 Å². The lowest BCUT2D eigenvalue weighted by molar-refractivity contribution is 0.161. The van der Waals surface area contributed by atoms with Gasteiger partial charge in [0.25, 0.3) is 0 Å². The maximum Gasteiger partial charge on any atom is 0.122 e. The summed E-state index contributed by atoms with van der Waals surface area (Å²) < 4.78 is 5.36. The van der Waals surface area contributed by atoms with Gasteiger partial charge in [-0.25, -0.2) is 0 Å². The summed E-state index contributed by atoms with van der Waals surface area (Å²) in [5.41, 5.74) is 2.29. The molecule has 0 bridgehead atoms. The van der Waals surface area contributed by atoms with Gasteiger partial charge in [-0.2, -0.15) is 0 Å². The van der Waals surface area contributed by atoms with Crippen LogP contribution in [0, 0.1) is 6.92 Å². The number of hydrogen-bond donors (Lipinski definition) is 1. The van der Waals surface area contributed by atoms with E-state index >= 15 is 0 Å². The van der Waals surface area contributed by atoms with Gasteiger partial charge in [0.05, 0.1) is 13.2 Å². The predicted molar refractivity (Wildman–Crippen MR) is 84.7 cm³/mol. The molecule has 1 unspecified atom stereocenters. The van der Waals surface area contributed by atoms with Crippen molar-refractivity contribution in [3.63, 3.8) is 0 Å². The molecule has 1 N–H and O–H groups in total. The second-order valence-electron chi connectivity index (χ2n) is 5.14. The quantitative estimate of drug-likeness (QED) is 0.835. The van der Waals surface area contributed by atoms with E-state index in [-0.39, 0.29) is 6.10 Å². The first-order chi connectivity index (χ1) is 9.69. The van der Waals surface area contributed by atoms with Crippen molar-refractivity contribution in [2.75, 3.05) is 7.11 Å². The molecule has 2 nitrogen and oxygen atoms in total. The summed E-state index contributed by atoms with van der Waals surface area (Å²) in [6, 6.07) is 10.3. The van der Waals surface area contributed by atoms with Crippen molar-refractivity contribution in [3.8, 4) is 5.75 Å². The molecule has 1 aromatic heterocycles. The minimum atomic E-state index is -0.300. The number of aliphatic hydroxyl groups is 1. The van der Waals surface area contributed by atoms with Crippen molar-refractivity contribution in [1.29, 1.82) is 0 Å². The lowest BCUT2D eigenvalue weighted by Gasteiger charge is -2.14. The minimum Gasteiger partial charge on any atom is -0.496 e. The highest BCUT2D eigenvalue weighted by molar-refractivity contribution is 7.09. The summed E-state index contributed by atoms with van der Waals surface area (Å²) in [4.78, 5) is 1.39. The highest BCUT2D eigenvalue weighted by Gasteiger charge is 2.10. The Bertz CT molecular complexity index is 520. The van der Waals surface area contributed by atoms with Crippen LogP contribution in [0.15, 0.2) is 35.7 Å². The number of aliphatic hydroxyl groups excluding tert-OH is 1. The summed E-state index contributed by atoms with van der Waals surface area (Å²) in [6.07, 6.45) is 3.27. The summed E-state index contributed by atoms with van der Waals surface area (Å²) in [6.45, 7) is 2.06. The molecule has 0 radical (unpaired) electrons. The van der Waals surface area contributed by atoms with Gasteiger partial charge in [0, 0.05) is 11.3 Å². The Hall–Kier alpha value is -1.32. The van der Waals surface area contributed by atoms with Gasteiger partial charge in [-0.1, -0.05) is 23.8 Å². The first kappa shape index (κ1) is 15.1. The number of hydrogen-bond acceptors (Lipinski definition) is 3. The lowest BCUT2D eigenvalue weighted by atomic mass is 10.0. The molecule has 108 valence electrons. The number of thiophene rings is 1. The molecule has 0 aliphatic heterocycles. The lowest BCUT2D eigenvalue weighted by Crippen LogP contribution is -2.11. The maximum atomic E-state index is 10.2. The van der Waals surface area contributed by atoms with Crippen molar-refractivity contribution in [2.24, 2.45) is 0 Å². The Morgan fingerprint density at radius 3 is 2.85 bits per heavy atom. The van der Waals surface area contributed by atoms with Gasteiger partial charge in [0.2, 0.25) is 0 Å². The van der Waals surface area contributed by atoms with E-state index in [1.807, 2.05) is 12.1 Å². The van der Waals surface area contributed by atoms with Crippen molar-refractivity contribution >= 4 is 11.3 Å². The smallest absolute Gasteiger partial charge is 0.122 e. The average molecular weight is 290 g/mol. The molecule has 0 saturated carbocycles. The van der Waals surface area contributed by atoms with Crippen LogP contribution >= 0.6 is 11.3 Å². The maximum absolute atomic E-state index is 10.2. The summed E-state index contributed by atoms with van der Waals surface area (Å²) in [5, 5.41) is 12.3. The Kier molecular flexibility index (Phi) is 5.62. The van der Waals surface area contributed by atoms with Crippen LogP contribution in [0.25, 0.3) is 0 Å². The second kappa shape index (κ2) is 7.46. The zero-order valence-corrected chi connectivity index (χ0v) is 13.0. The van der Waals surface area contributed by atoms with Gasteiger partial charge in [0.15, 0.2) is 0 Å². The van der Waals surface area contributed by atoms with Crippen molar-refractivity contribution < 1.29 is 9.84 Å². The van der Waals surface area contributed by atoms with E-state index in [0.29, 0.717) is 6.42 Å². The summed E-state index contributed by atoms with van der Waals surface area (Å²) in [5.74, 6) is 0.868. The molecule has 0 saturated heterocycles. The van der Waals surface area contributed by atoms with Gasteiger partial charge in [-0.3, -0.25) is 0 Å². The zero-order valence-electron chi connectivity index (χ0n) is 12.1. The Morgan fingerprint density at radius 1 is 1.30 bits per heavy atom. The summed E-state index contributed by atoms with van der Waals surface area (Å²) in [7, 11) is 1.68. The molecule has 1 aromatic carbocycles. The Balaban J connectivity index is 1.84. The van der Waals surface area contributed by atoms with E-state index in [9.17, 15) is 5.11 Å². The molecule has 0 spiro atoms. The first-order valence-electron chi connectivity index (χ1n) is 7.03. The van der Waals surface area contributed by atoms with E-state index in [2.05, 4.69) is 30.5 Å². The van der Waals surface area contributed by atoms with E-state index in [1.54, 1.807) is 18.4 Å². The third kappa shape index (κ3) is 4.36. The van der Waals surface area contributed by atoms with Crippen LogP contribution in [0.4, 0.5) is 0 Å². The number of methoxy groups -OCH3 is 1. The normalized spacial score (nSPS) is 12.3. The number of aryl methyl sites for hydroxylation is 2. The molecule has 1 heterocycles. The van der Waals surface area contributed by atoms with Gasteiger partial charge >= 0.3 is 0 Å². The van der Waals surface area contributed by atoms with Gasteiger partial charge in [0.1, 0.15) is 5.75 Å². The van der Waals surface area contributed by atoms with Gasteiger partial charge < -0.3 is 9.84 Å². The van der Waals surface area contributed by atoms with E-state index in [0.717, 1.165) is 30.6 Å². The van der Waals surface area contributed by atoms with Crippen molar-refractivity contribution in [3.05, 3.63) is 51.7 Å². The highest BCUT2D eigenvalue weighted by Crippen LogP contribution is 2.22. The standard InChI is InChI=1S/C17H22O2S/c1-13-8-9-17(19-2)14(11-13)12-15(18)5-3-6-16-7-4-10-20-16/h4,7-11,15,18H,3,5-6,12H2,1-2H3. The van der Waals surface area contributed by atoms with Crippen molar-refractivity contribution in [2.45, 2.75) is 38.7 Å². The zero-order chi connectivity index (χ0) is 14.4. The third-order valence-corrected chi connectivity index (χ3v) is 4.37. The largest absolute Gasteiger partial charge is 0.496 e. The van der Waals surface area contributed by atoms with Crippen LogP contribution in [0.5, 0.6) is 5.75 Å². The fourth-order valence-corrected chi connectivity index (χ4v) is 3.14. The molecule has 2 aromatic rings. The minimum absolute atomic E-state index is 0.300. The fourth-order valence-electron chi connectivity index (χ4n) is 2.39. The highest BCUT2D eigenvalue weighted by atomic mass is 32.1. The predicted octanol–water partition coefficient (Wildman–Crippen LogP) is 3.99. The van der Waals surface area contributed by atoms with Crippen LogP contribution in [0.3, 0.4) is 0 Å². The Morgan fingerprint density at radius 2 is 2.15 bits per heavy atom. The first-order valence-corrected chi connectivity index (χ1v) is 7.91. The van der Waals surface area contributed by atoms with E-state index in [1.165, 1.54) is 10.4 Å². The molecular weight excluding hydrogens is 268 g/mol. The molecule has 0 aliphatic rings. The van der Waals surface area contributed by atoms with Crippen LogP contribution in [-0.2, 0) is 12.8 Å². The number of benzene rings is 1. The molecule has 0 aliphatic carbocycles. The molecule has 0 amide bonds. The molecule has 2 rings (SSSR count). The third-order valence-electron chi connectivity index (χ3n) is 3.43. The molecule has 3 heteroatoms. The van der Waals surface area contributed by atoms with Crippen LogP contribution in [0.2, 0.25) is 0 Å². The second-order valence-corrected chi connectivity index (χ2v) is 6.18. The van der Waals surface area contributed by atoms with E-state index < -0.39 is 0 Å². The molecule has 20 heavy (non-hydrogen) atoms. The number of ether oxygens (including phenoxy) is 1. The molecule has 0 fully saturated rings. The van der Waals surface area contributed by atoms with Gasteiger partial charge in [-0.05, 0) is 49.3 Å². The van der Waals surface area contributed by atoms with E-state index in [4.69, 9.17) is 4.74 Å². The van der Waals surface area contributed by atoms with Gasteiger partial charge in [-0.15, -0.1) is 11.3 Å². The number of rotatable bonds is 7. The van der Waals surface area contributed by atoms with Crippen LogP contribution in [-0.4, -0.2) is 18.3 Å². The SMILES string of the molecule is COc1ccc(C)cc1CC(O)CCCc1cccs1. The topological polar surface area (TPSA) is 29.5 Å². The monoisotopic (exact) mass is 290 g/mol. The van der Waals surface area contributed by atoms with Crippen molar-refractivity contribution in [1.82, 2.24) is 0 Å². The Labute approximate surface area is 125 Å². The molecule has 1 atom stereocenters. The summed E-state index contributed by atoms with van der Waals surface area (Å²) >= 11 is 1.78.